The Morgan fingerprint density at radius 3 is 2.46 bits per heavy atom. The molecule has 1 saturated heterocycles. The number of thiazole rings is 1. The maximum atomic E-state index is 14.0. The first-order chi connectivity index (χ1) is 28.9. The van der Waals surface area contributed by atoms with E-state index in [0.29, 0.717) is 16.6 Å². The predicted octanol–water partition coefficient (Wildman–Crippen LogP) is 9.29. The number of carbonyl (C=O) groups is 1. The third-order valence-electron chi connectivity index (χ3n) is 12.3. The molecule has 0 amide bonds. The van der Waals surface area contributed by atoms with E-state index < -0.39 is 5.60 Å². The summed E-state index contributed by atoms with van der Waals surface area (Å²) in [5.74, 6) is 0.196. The van der Waals surface area contributed by atoms with E-state index in [1.54, 1.807) is 12.1 Å². The Kier molecular flexibility index (Phi) is 12.0. The standard InChI is InChI=1S/C47H62N8O5S/c1-31-22-37(52-53-41(31)51-42-50-35-12-10-11-13-39(35)61-42)40(56)36-15-14-33(38(49-36)24-59-60-43(3,4)5)34-23-48-55(32(34)2)30-46(9)27-45(8)25-44(6,7)26-47(28-45,29-46)58-21-18-54-16-19-57-20-17-54/h10-15,22-23H,16-21,24-30H2,1-9H3,(H,50,51,53). The number of fused-ring (bicyclic) bond motifs is 3. The van der Waals surface area contributed by atoms with Gasteiger partial charge < -0.3 is 14.8 Å². The van der Waals surface area contributed by atoms with Crippen LogP contribution in [0.15, 0.2) is 48.7 Å². The van der Waals surface area contributed by atoms with Crippen LogP contribution < -0.4 is 5.32 Å². The summed E-state index contributed by atoms with van der Waals surface area (Å²) >= 11 is 1.53. The maximum absolute atomic E-state index is 14.0. The number of ketones is 1. The summed E-state index contributed by atoms with van der Waals surface area (Å²) in [6.45, 7) is 25.6. The third-order valence-corrected chi connectivity index (χ3v) is 13.3. The molecule has 13 nitrogen and oxygen atoms in total. The van der Waals surface area contributed by atoms with Crippen LogP contribution in [-0.4, -0.2) is 91.3 Å². The van der Waals surface area contributed by atoms with Crippen LogP contribution in [0.4, 0.5) is 10.9 Å². The zero-order chi connectivity index (χ0) is 43.2. The molecule has 3 atom stereocenters. The number of aryl methyl sites for hydroxylation is 1. The summed E-state index contributed by atoms with van der Waals surface area (Å²) < 4.78 is 15.9. The molecule has 0 radical (unpaired) electrons. The van der Waals surface area contributed by atoms with Crippen LogP contribution in [0.25, 0.3) is 21.3 Å². The maximum Gasteiger partial charge on any atom is 0.231 e. The number of rotatable bonds is 14. The fraction of sp³-hybridized carbons (Fsp3) is 0.574. The van der Waals surface area contributed by atoms with Gasteiger partial charge in [-0.3, -0.25) is 14.4 Å². The summed E-state index contributed by atoms with van der Waals surface area (Å²) in [5, 5.41) is 17.7. The lowest BCUT2D eigenvalue weighted by molar-refractivity contribution is -0.356. The molecule has 3 fully saturated rings. The molecule has 1 N–H and O–H groups in total. The van der Waals surface area contributed by atoms with E-state index >= 15 is 0 Å². The van der Waals surface area contributed by atoms with Crippen molar-refractivity contribution in [3.63, 3.8) is 0 Å². The molecule has 2 aliphatic carbocycles. The fourth-order valence-corrected chi connectivity index (χ4v) is 11.8. The molecular weight excluding hydrogens is 789 g/mol. The molecule has 8 rings (SSSR count). The van der Waals surface area contributed by atoms with Gasteiger partial charge in [0.25, 0.3) is 0 Å². The summed E-state index contributed by atoms with van der Waals surface area (Å²) in [6.07, 6.45) is 7.35. The minimum absolute atomic E-state index is 0.0316. The van der Waals surface area contributed by atoms with Crippen LogP contribution in [0.5, 0.6) is 0 Å². The minimum Gasteiger partial charge on any atom is -0.379 e. The number of ether oxygens (including phenoxy) is 2. The smallest absolute Gasteiger partial charge is 0.231 e. The molecule has 3 aliphatic rings. The number of hydrogen-bond donors (Lipinski definition) is 1. The first-order valence-electron chi connectivity index (χ1n) is 21.7. The lowest BCUT2D eigenvalue weighted by Crippen LogP contribution is -2.57. The van der Waals surface area contributed by atoms with Gasteiger partial charge >= 0.3 is 0 Å². The van der Waals surface area contributed by atoms with Gasteiger partial charge in [-0.25, -0.2) is 19.7 Å². The molecule has 1 aromatic carbocycles. The molecular formula is C47H62N8O5S. The molecule has 14 heteroatoms. The van der Waals surface area contributed by atoms with Crippen LogP contribution in [-0.2, 0) is 32.4 Å². The Balaban J connectivity index is 1.03. The van der Waals surface area contributed by atoms with Gasteiger partial charge in [-0.15, -0.1) is 10.2 Å². The van der Waals surface area contributed by atoms with E-state index in [1.807, 2.05) is 64.2 Å². The number of aromatic nitrogens is 6. The number of morpholine rings is 1. The van der Waals surface area contributed by atoms with Gasteiger partial charge in [-0.05, 0) is 113 Å². The Morgan fingerprint density at radius 2 is 1.70 bits per heavy atom. The zero-order valence-corrected chi connectivity index (χ0v) is 38.2. The van der Waals surface area contributed by atoms with Crippen molar-refractivity contribution in [1.29, 1.82) is 0 Å². The lowest BCUT2D eigenvalue weighted by Gasteiger charge is -2.61. The molecule has 5 heterocycles. The Morgan fingerprint density at radius 1 is 0.918 bits per heavy atom. The van der Waals surface area contributed by atoms with Gasteiger partial charge in [0.1, 0.15) is 18.0 Å². The van der Waals surface area contributed by atoms with E-state index in [2.05, 4.69) is 64.7 Å². The Labute approximate surface area is 363 Å². The second-order valence-electron chi connectivity index (χ2n) is 20.3. The fourth-order valence-electron chi connectivity index (χ4n) is 10.9. The monoisotopic (exact) mass is 850 g/mol. The lowest BCUT2D eigenvalue weighted by atomic mass is 9.48. The van der Waals surface area contributed by atoms with Crippen molar-refractivity contribution in [1.82, 2.24) is 34.8 Å². The van der Waals surface area contributed by atoms with Crippen molar-refractivity contribution < 1.29 is 24.0 Å². The van der Waals surface area contributed by atoms with Gasteiger partial charge in [-0.2, -0.15) is 5.10 Å². The first kappa shape index (κ1) is 43.5. The minimum atomic E-state index is -0.536. The largest absolute Gasteiger partial charge is 0.379 e. The van der Waals surface area contributed by atoms with Crippen LogP contribution in [0.3, 0.4) is 0 Å². The number of nitrogens with zero attached hydrogens (tertiary/aromatic N) is 7. The van der Waals surface area contributed by atoms with Gasteiger partial charge in [-0.1, -0.05) is 57.2 Å². The van der Waals surface area contributed by atoms with E-state index in [1.165, 1.54) is 17.8 Å². The number of anilines is 2. The molecule has 2 saturated carbocycles. The van der Waals surface area contributed by atoms with E-state index in [4.69, 9.17) is 29.3 Å². The van der Waals surface area contributed by atoms with Crippen LogP contribution in [0, 0.1) is 30.1 Å². The molecule has 4 aromatic heterocycles. The number of para-hydroxylation sites is 1. The van der Waals surface area contributed by atoms with Crippen molar-refractivity contribution in [2.75, 3.05) is 44.8 Å². The number of pyridine rings is 1. The third kappa shape index (κ3) is 10.1. The highest BCUT2D eigenvalue weighted by Gasteiger charge is 2.58. The molecule has 1 aliphatic heterocycles. The zero-order valence-electron chi connectivity index (χ0n) is 37.4. The number of carbonyl (C=O) groups excluding carboxylic acids is 1. The number of hydrogen-bond acceptors (Lipinski definition) is 13. The summed E-state index contributed by atoms with van der Waals surface area (Å²) in [7, 11) is 0. The van der Waals surface area contributed by atoms with Crippen molar-refractivity contribution in [2.24, 2.45) is 16.2 Å². The van der Waals surface area contributed by atoms with E-state index in [9.17, 15) is 4.79 Å². The van der Waals surface area contributed by atoms with Crippen molar-refractivity contribution in [2.45, 2.75) is 119 Å². The second-order valence-corrected chi connectivity index (χ2v) is 21.3. The Bertz CT molecular complexity index is 2350. The summed E-state index contributed by atoms with van der Waals surface area (Å²) in [4.78, 5) is 37.4. The van der Waals surface area contributed by atoms with Gasteiger partial charge in [0, 0.05) is 43.0 Å². The summed E-state index contributed by atoms with van der Waals surface area (Å²) in [6, 6.07) is 13.4. The van der Waals surface area contributed by atoms with Crippen LogP contribution in [0.1, 0.15) is 114 Å². The average Bonchev–Trinajstić information content (AvgIpc) is 3.75. The highest BCUT2D eigenvalue weighted by Crippen LogP contribution is 2.63. The second kappa shape index (κ2) is 16.8. The molecule has 5 aromatic rings. The molecule has 2 bridgehead atoms. The van der Waals surface area contributed by atoms with Gasteiger partial charge in [0.15, 0.2) is 10.9 Å². The highest BCUT2D eigenvalue weighted by atomic mass is 32.1. The van der Waals surface area contributed by atoms with Crippen molar-refractivity contribution in [3.05, 3.63) is 77.0 Å². The Hall–Kier alpha value is -4.18. The average molecular weight is 851 g/mol. The van der Waals surface area contributed by atoms with Crippen LogP contribution >= 0.6 is 11.3 Å². The quantitative estimate of drug-likeness (QED) is 0.0648. The SMILES string of the molecule is Cc1cc(C(=O)c2ccc(-c3cnn(CC4(C)CC5(C)CC(C)(C)CC(OCCN6CCOCC6)(C4)C5)c3C)c(COOC(C)(C)C)n2)nnc1Nc1nc2ccccc2s1. The molecule has 3 unspecified atom stereocenters. The first-order valence-corrected chi connectivity index (χ1v) is 22.5. The van der Waals surface area contributed by atoms with Crippen molar-refractivity contribution >= 4 is 38.3 Å². The highest BCUT2D eigenvalue weighted by molar-refractivity contribution is 7.22. The molecule has 0 spiro atoms. The molecule has 61 heavy (non-hydrogen) atoms. The van der Waals surface area contributed by atoms with Crippen LogP contribution in [0.2, 0.25) is 0 Å². The number of nitrogens with one attached hydrogen (secondary N) is 1. The predicted molar refractivity (Wildman–Crippen MR) is 238 cm³/mol. The molecule has 326 valence electrons. The normalized spacial score (nSPS) is 24.3. The van der Waals surface area contributed by atoms with Crippen molar-refractivity contribution in [3.8, 4) is 11.1 Å². The number of benzene rings is 1. The van der Waals surface area contributed by atoms with E-state index in [0.717, 1.165) is 104 Å². The van der Waals surface area contributed by atoms with E-state index in [-0.39, 0.29) is 45.6 Å². The van der Waals surface area contributed by atoms with Gasteiger partial charge in [0.2, 0.25) is 5.78 Å². The van der Waals surface area contributed by atoms with Gasteiger partial charge in [0.05, 0.1) is 53.1 Å². The topological polar surface area (TPSA) is 139 Å². The summed E-state index contributed by atoms with van der Waals surface area (Å²) in [5.41, 5.74) is 5.09.